The lowest BCUT2D eigenvalue weighted by atomic mass is 10.1. The number of thioether (sulfide) groups is 4. The molecule has 31 heavy (non-hydrogen) atoms. The van der Waals surface area contributed by atoms with Crippen LogP contribution in [0.2, 0.25) is 0 Å². The molecular formula is C22H34O5S4. The largest absolute Gasteiger partial charge is 0.392 e. The van der Waals surface area contributed by atoms with E-state index in [1.165, 1.54) is 25.1 Å². The number of aliphatic hydroxyl groups is 1. The highest BCUT2D eigenvalue weighted by atomic mass is 32.2. The molecular weight excluding hydrogens is 473 g/mol. The van der Waals surface area contributed by atoms with Crippen LogP contribution in [-0.2, 0) is 25.6 Å². The van der Waals surface area contributed by atoms with Crippen LogP contribution in [0.4, 0.5) is 0 Å². The zero-order valence-corrected chi connectivity index (χ0v) is 22.3. The summed E-state index contributed by atoms with van der Waals surface area (Å²) in [6, 6.07) is 0. The van der Waals surface area contributed by atoms with Gasteiger partial charge in [-0.05, 0) is 38.2 Å². The molecule has 0 aliphatic carbocycles. The van der Waals surface area contributed by atoms with E-state index in [1.807, 2.05) is 47.0 Å². The van der Waals surface area contributed by atoms with Crippen LogP contribution in [-0.4, -0.2) is 68.1 Å². The SMILES string of the molecule is COCCC1(CCOC)Sc2c(C)c3c(c(CO)c2S1)SC(CCOC)(CCOC)S3. The maximum atomic E-state index is 10.5. The topological polar surface area (TPSA) is 57.2 Å². The lowest BCUT2D eigenvalue weighted by Gasteiger charge is -2.27. The molecule has 0 bridgehead atoms. The van der Waals surface area contributed by atoms with E-state index in [0.717, 1.165) is 31.2 Å². The highest BCUT2D eigenvalue weighted by molar-refractivity contribution is 8.21. The van der Waals surface area contributed by atoms with E-state index in [2.05, 4.69) is 6.92 Å². The Morgan fingerprint density at radius 1 is 0.613 bits per heavy atom. The molecule has 2 heterocycles. The molecule has 1 aromatic rings. The Hall–Kier alpha value is 0.420. The van der Waals surface area contributed by atoms with Crippen molar-refractivity contribution in [2.75, 3.05) is 54.9 Å². The van der Waals surface area contributed by atoms with E-state index in [0.29, 0.717) is 26.4 Å². The van der Waals surface area contributed by atoms with Gasteiger partial charge in [0.15, 0.2) is 0 Å². The molecule has 0 fully saturated rings. The quantitative estimate of drug-likeness (QED) is 0.378. The van der Waals surface area contributed by atoms with Crippen LogP contribution >= 0.6 is 47.0 Å². The molecule has 2 aliphatic heterocycles. The first kappa shape index (κ1) is 26.0. The Morgan fingerprint density at radius 2 is 0.935 bits per heavy atom. The molecule has 0 unspecified atom stereocenters. The maximum absolute atomic E-state index is 10.5. The van der Waals surface area contributed by atoms with Crippen LogP contribution in [0.3, 0.4) is 0 Å². The van der Waals surface area contributed by atoms with E-state index in [9.17, 15) is 5.11 Å². The van der Waals surface area contributed by atoms with Gasteiger partial charge in [0.25, 0.3) is 0 Å². The normalized spacial score (nSPS) is 18.4. The highest BCUT2D eigenvalue weighted by Crippen LogP contribution is 2.68. The molecule has 0 spiro atoms. The number of rotatable bonds is 13. The zero-order valence-electron chi connectivity index (χ0n) is 19.1. The molecule has 9 heteroatoms. The molecule has 1 N–H and O–H groups in total. The predicted molar refractivity (Wildman–Crippen MR) is 132 cm³/mol. The third kappa shape index (κ3) is 5.57. The van der Waals surface area contributed by atoms with Gasteiger partial charge in [0.2, 0.25) is 0 Å². The fourth-order valence-corrected chi connectivity index (χ4v) is 10.8. The Morgan fingerprint density at radius 3 is 1.23 bits per heavy atom. The van der Waals surface area contributed by atoms with E-state index >= 15 is 0 Å². The van der Waals surface area contributed by atoms with Crippen LogP contribution in [0.25, 0.3) is 0 Å². The summed E-state index contributed by atoms with van der Waals surface area (Å²) in [7, 11) is 7.03. The van der Waals surface area contributed by atoms with Crippen LogP contribution < -0.4 is 0 Å². The molecule has 0 radical (unpaired) electrons. The van der Waals surface area contributed by atoms with Gasteiger partial charge < -0.3 is 24.1 Å². The summed E-state index contributed by atoms with van der Waals surface area (Å²) in [5.41, 5.74) is 2.42. The monoisotopic (exact) mass is 506 g/mol. The number of benzene rings is 1. The average molecular weight is 507 g/mol. The lowest BCUT2D eigenvalue weighted by Crippen LogP contribution is -2.22. The summed E-state index contributed by atoms with van der Waals surface area (Å²) in [6.07, 6.45) is 3.77. The first-order chi connectivity index (χ1) is 15.0. The second-order valence-electron chi connectivity index (χ2n) is 7.78. The summed E-state index contributed by atoms with van der Waals surface area (Å²) >= 11 is 7.69. The van der Waals surface area contributed by atoms with Gasteiger partial charge in [-0.25, -0.2) is 0 Å². The third-order valence-corrected chi connectivity index (χ3v) is 12.8. The minimum absolute atomic E-state index is 0.0172. The first-order valence-corrected chi connectivity index (χ1v) is 13.8. The molecule has 0 amide bonds. The van der Waals surface area contributed by atoms with E-state index in [1.54, 1.807) is 28.4 Å². The average Bonchev–Trinajstić information content (AvgIpc) is 3.35. The smallest absolute Gasteiger partial charge is 0.0749 e. The second-order valence-corrected chi connectivity index (χ2v) is 13.9. The second kappa shape index (κ2) is 11.7. The van der Waals surface area contributed by atoms with Crippen molar-refractivity contribution in [1.82, 2.24) is 0 Å². The molecule has 1 aromatic carbocycles. The van der Waals surface area contributed by atoms with Gasteiger partial charge in [0, 0.05) is 80.0 Å². The summed E-state index contributed by atoms with van der Waals surface area (Å²) < 4.78 is 21.7. The van der Waals surface area contributed by atoms with Gasteiger partial charge in [0.05, 0.1) is 14.8 Å². The van der Waals surface area contributed by atoms with Crippen molar-refractivity contribution in [1.29, 1.82) is 0 Å². The molecule has 2 aliphatic rings. The van der Waals surface area contributed by atoms with Crippen molar-refractivity contribution >= 4 is 47.0 Å². The Labute approximate surface area is 203 Å². The minimum Gasteiger partial charge on any atom is -0.392 e. The summed E-state index contributed by atoms with van der Waals surface area (Å²) in [4.78, 5) is 5.14. The predicted octanol–water partition coefficient (Wildman–Crippen LogP) is 5.42. The van der Waals surface area contributed by atoms with E-state index < -0.39 is 0 Å². The van der Waals surface area contributed by atoms with Gasteiger partial charge in [-0.3, -0.25) is 0 Å². The molecule has 0 saturated heterocycles. The van der Waals surface area contributed by atoms with E-state index in [-0.39, 0.29) is 14.8 Å². The van der Waals surface area contributed by atoms with Crippen molar-refractivity contribution in [2.45, 2.75) is 67.0 Å². The van der Waals surface area contributed by atoms with Gasteiger partial charge in [0.1, 0.15) is 0 Å². The molecule has 0 aromatic heterocycles. The fraction of sp³-hybridized carbons (Fsp3) is 0.727. The van der Waals surface area contributed by atoms with Gasteiger partial charge in [-0.2, -0.15) is 0 Å². The van der Waals surface area contributed by atoms with Crippen LogP contribution in [0.1, 0.15) is 36.8 Å². The van der Waals surface area contributed by atoms with Gasteiger partial charge in [-0.15, -0.1) is 47.0 Å². The number of aliphatic hydroxyl groups excluding tert-OH is 1. The van der Waals surface area contributed by atoms with Crippen LogP contribution in [0.15, 0.2) is 19.6 Å². The zero-order chi connectivity index (χ0) is 22.5. The standard InChI is InChI=1S/C22H34O5S4/c1-15-17-19(30-21(28-17,6-10-24-2)7-11-25-3)16(14-23)20-18(15)29-22(31-20,8-12-26-4)9-13-27-5/h23H,6-14H2,1-5H3. The number of hydrogen-bond donors (Lipinski definition) is 1. The van der Waals surface area contributed by atoms with Gasteiger partial charge in [-0.1, -0.05) is 0 Å². The van der Waals surface area contributed by atoms with Crippen molar-refractivity contribution in [2.24, 2.45) is 0 Å². The minimum atomic E-state index is -0.0172. The van der Waals surface area contributed by atoms with Crippen LogP contribution in [0, 0.1) is 6.92 Å². The first-order valence-electron chi connectivity index (χ1n) is 10.5. The third-order valence-electron chi connectivity index (χ3n) is 5.70. The van der Waals surface area contributed by atoms with Crippen molar-refractivity contribution < 1.29 is 24.1 Å². The van der Waals surface area contributed by atoms with Crippen molar-refractivity contribution in [3.8, 4) is 0 Å². The Bertz CT molecular complexity index is 685. The molecule has 176 valence electrons. The van der Waals surface area contributed by atoms with E-state index in [4.69, 9.17) is 18.9 Å². The number of ether oxygens (including phenoxy) is 4. The van der Waals surface area contributed by atoms with Crippen molar-refractivity contribution in [3.63, 3.8) is 0 Å². The number of fused-ring (bicyclic) bond motifs is 2. The lowest BCUT2D eigenvalue weighted by molar-refractivity contribution is 0.171. The molecule has 0 atom stereocenters. The highest BCUT2D eigenvalue weighted by Gasteiger charge is 2.46. The number of methoxy groups -OCH3 is 4. The summed E-state index contributed by atoms with van der Waals surface area (Å²) in [6.45, 7) is 5.15. The number of hydrogen-bond acceptors (Lipinski definition) is 9. The molecule has 3 rings (SSSR count). The Balaban J connectivity index is 1.98. The Kier molecular flexibility index (Phi) is 9.83. The summed E-state index contributed by atoms with van der Waals surface area (Å²) in [5, 5.41) is 10.5. The summed E-state index contributed by atoms with van der Waals surface area (Å²) in [5.74, 6) is 0. The van der Waals surface area contributed by atoms with Crippen LogP contribution in [0.5, 0.6) is 0 Å². The molecule has 5 nitrogen and oxygen atoms in total. The maximum Gasteiger partial charge on any atom is 0.0749 e. The van der Waals surface area contributed by atoms with Crippen molar-refractivity contribution in [3.05, 3.63) is 11.1 Å². The fourth-order valence-electron chi connectivity index (χ4n) is 3.90. The molecule has 0 saturated carbocycles. The van der Waals surface area contributed by atoms with Gasteiger partial charge >= 0.3 is 0 Å².